The lowest BCUT2D eigenvalue weighted by atomic mass is 9.98. The average molecular weight is 321 g/mol. The maximum absolute atomic E-state index is 11.9. The van der Waals surface area contributed by atoms with Crippen molar-refractivity contribution in [1.29, 1.82) is 0 Å². The Morgan fingerprint density at radius 2 is 2.09 bits per heavy atom. The lowest BCUT2D eigenvalue weighted by molar-refractivity contribution is 0.0518. The molecule has 1 atom stereocenters. The predicted molar refractivity (Wildman–Crippen MR) is 92.2 cm³/mol. The van der Waals surface area contributed by atoms with Gasteiger partial charge in [-0.3, -0.25) is 0 Å². The monoisotopic (exact) mass is 321 g/mol. The first-order chi connectivity index (χ1) is 10.8. The second-order valence-electron chi connectivity index (χ2n) is 7.60. The normalized spacial score (nSPS) is 17.2. The van der Waals surface area contributed by atoms with Gasteiger partial charge in [-0.05, 0) is 51.2 Å². The molecule has 5 heteroatoms. The van der Waals surface area contributed by atoms with Crippen molar-refractivity contribution in [3.8, 4) is 0 Å². The Morgan fingerprint density at radius 1 is 1.39 bits per heavy atom. The van der Waals surface area contributed by atoms with E-state index in [4.69, 9.17) is 4.74 Å². The Hall–Kier alpha value is -1.49. The standard InChI is InChI=1S/C18H31N3O2/c1-18(2,3)23-17(22)20-12-16(15-7-5-6-8-15)19-11-14-9-10-21(4)13-14/h9-10,13,15-16,19H,5-8,11-12H2,1-4H3,(H,20,22). The number of rotatable bonds is 6. The highest BCUT2D eigenvalue weighted by Gasteiger charge is 2.26. The summed E-state index contributed by atoms with van der Waals surface area (Å²) in [6.45, 7) is 7.10. The summed E-state index contributed by atoms with van der Waals surface area (Å²) in [6.07, 6.45) is 8.91. The molecule has 1 aromatic heterocycles. The molecule has 1 aromatic rings. The zero-order valence-corrected chi connectivity index (χ0v) is 14.9. The summed E-state index contributed by atoms with van der Waals surface area (Å²) in [5, 5.41) is 6.55. The van der Waals surface area contributed by atoms with Gasteiger partial charge in [-0.25, -0.2) is 4.79 Å². The third-order valence-corrected chi connectivity index (χ3v) is 4.30. The van der Waals surface area contributed by atoms with Gasteiger partial charge in [0, 0.05) is 38.6 Å². The molecule has 0 aliphatic heterocycles. The quantitative estimate of drug-likeness (QED) is 0.846. The summed E-state index contributed by atoms with van der Waals surface area (Å²) in [7, 11) is 2.03. The van der Waals surface area contributed by atoms with Crippen LogP contribution in [0.25, 0.3) is 0 Å². The van der Waals surface area contributed by atoms with Crippen LogP contribution in [-0.4, -0.2) is 28.8 Å². The molecular weight excluding hydrogens is 290 g/mol. The van der Waals surface area contributed by atoms with Crippen molar-refractivity contribution in [3.63, 3.8) is 0 Å². The summed E-state index contributed by atoms with van der Waals surface area (Å²) >= 11 is 0. The van der Waals surface area contributed by atoms with Crippen LogP contribution >= 0.6 is 0 Å². The smallest absolute Gasteiger partial charge is 0.407 e. The van der Waals surface area contributed by atoms with E-state index in [2.05, 4.69) is 33.7 Å². The number of aromatic nitrogens is 1. The number of hydrogen-bond donors (Lipinski definition) is 2. The van der Waals surface area contributed by atoms with Gasteiger partial charge >= 0.3 is 6.09 Å². The van der Waals surface area contributed by atoms with E-state index in [1.165, 1.54) is 31.2 Å². The molecule has 5 nitrogen and oxygen atoms in total. The Labute approximate surface area is 139 Å². The summed E-state index contributed by atoms with van der Waals surface area (Å²) in [6, 6.07) is 2.42. The van der Waals surface area contributed by atoms with E-state index in [0.29, 0.717) is 18.5 Å². The SMILES string of the molecule is Cn1ccc(CNC(CNC(=O)OC(C)(C)C)C2CCCC2)c1. The van der Waals surface area contributed by atoms with Gasteiger partial charge in [0.15, 0.2) is 0 Å². The number of carbonyl (C=O) groups excluding carboxylic acids is 1. The molecule has 1 fully saturated rings. The zero-order chi connectivity index (χ0) is 16.9. The predicted octanol–water partition coefficient (Wildman–Crippen LogP) is 3.20. The molecule has 0 radical (unpaired) electrons. The van der Waals surface area contributed by atoms with Crippen LogP contribution in [-0.2, 0) is 18.3 Å². The molecule has 130 valence electrons. The van der Waals surface area contributed by atoms with Gasteiger partial charge in [0.05, 0.1) is 0 Å². The fourth-order valence-electron chi connectivity index (χ4n) is 3.19. The Kier molecular flexibility index (Phi) is 6.10. The number of alkyl carbamates (subject to hydrolysis) is 1. The molecule has 1 heterocycles. The van der Waals surface area contributed by atoms with Gasteiger partial charge < -0.3 is 19.9 Å². The molecule has 1 aliphatic rings. The molecule has 0 saturated heterocycles. The molecule has 1 amide bonds. The number of carbonyl (C=O) groups is 1. The first-order valence-corrected chi connectivity index (χ1v) is 8.64. The van der Waals surface area contributed by atoms with Crippen molar-refractivity contribution in [2.75, 3.05) is 6.54 Å². The second-order valence-corrected chi connectivity index (χ2v) is 7.60. The van der Waals surface area contributed by atoms with Gasteiger partial charge in [0.25, 0.3) is 0 Å². The Morgan fingerprint density at radius 3 is 2.65 bits per heavy atom. The van der Waals surface area contributed by atoms with Gasteiger partial charge in [-0.1, -0.05) is 12.8 Å². The molecule has 2 rings (SSSR count). The third-order valence-electron chi connectivity index (χ3n) is 4.30. The van der Waals surface area contributed by atoms with Gasteiger partial charge in [0.2, 0.25) is 0 Å². The van der Waals surface area contributed by atoms with Crippen LogP contribution in [0.3, 0.4) is 0 Å². The lowest BCUT2D eigenvalue weighted by Crippen LogP contribution is -2.45. The van der Waals surface area contributed by atoms with E-state index in [0.717, 1.165) is 6.54 Å². The van der Waals surface area contributed by atoms with Gasteiger partial charge in [-0.2, -0.15) is 0 Å². The zero-order valence-electron chi connectivity index (χ0n) is 14.9. The minimum absolute atomic E-state index is 0.297. The number of amides is 1. The summed E-state index contributed by atoms with van der Waals surface area (Å²) in [5.74, 6) is 0.633. The average Bonchev–Trinajstić information content (AvgIpc) is 3.08. The Bertz CT molecular complexity index is 499. The van der Waals surface area contributed by atoms with Crippen LogP contribution < -0.4 is 10.6 Å². The van der Waals surface area contributed by atoms with E-state index < -0.39 is 5.60 Å². The van der Waals surface area contributed by atoms with Gasteiger partial charge in [0.1, 0.15) is 5.60 Å². The maximum Gasteiger partial charge on any atom is 0.407 e. The fraction of sp³-hybridized carbons (Fsp3) is 0.722. The fourth-order valence-corrected chi connectivity index (χ4v) is 3.19. The number of nitrogens with one attached hydrogen (secondary N) is 2. The van der Waals surface area contributed by atoms with Crippen molar-refractivity contribution in [3.05, 3.63) is 24.0 Å². The van der Waals surface area contributed by atoms with Crippen LogP contribution in [0.5, 0.6) is 0 Å². The number of aryl methyl sites for hydroxylation is 1. The van der Waals surface area contributed by atoms with E-state index >= 15 is 0 Å². The highest BCUT2D eigenvalue weighted by Crippen LogP contribution is 2.27. The number of hydrogen-bond acceptors (Lipinski definition) is 3. The molecule has 2 N–H and O–H groups in total. The topological polar surface area (TPSA) is 55.3 Å². The van der Waals surface area contributed by atoms with E-state index in [1.807, 2.05) is 27.8 Å². The Balaban J connectivity index is 1.85. The van der Waals surface area contributed by atoms with Crippen molar-refractivity contribution in [1.82, 2.24) is 15.2 Å². The molecule has 0 bridgehead atoms. The highest BCUT2D eigenvalue weighted by atomic mass is 16.6. The molecule has 0 aromatic carbocycles. The lowest BCUT2D eigenvalue weighted by Gasteiger charge is -2.26. The molecule has 1 unspecified atom stereocenters. The van der Waals surface area contributed by atoms with Crippen LogP contribution in [0.1, 0.15) is 52.0 Å². The molecule has 1 saturated carbocycles. The highest BCUT2D eigenvalue weighted by molar-refractivity contribution is 5.67. The second kappa shape index (κ2) is 7.86. The minimum atomic E-state index is -0.454. The summed E-state index contributed by atoms with van der Waals surface area (Å²) in [5.41, 5.74) is 0.817. The van der Waals surface area contributed by atoms with E-state index in [9.17, 15) is 4.79 Å². The minimum Gasteiger partial charge on any atom is -0.444 e. The maximum atomic E-state index is 11.9. The van der Waals surface area contributed by atoms with Gasteiger partial charge in [-0.15, -0.1) is 0 Å². The van der Waals surface area contributed by atoms with Crippen LogP contribution in [0, 0.1) is 5.92 Å². The van der Waals surface area contributed by atoms with Crippen LogP contribution in [0.4, 0.5) is 4.79 Å². The molecule has 0 spiro atoms. The number of nitrogens with zero attached hydrogens (tertiary/aromatic N) is 1. The van der Waals surface area contributed by atoms with E-state index in [1.54, 1.807) is 0 Å². The first-order valence-electron chi connectivity index (χ1n) is 8.64. The summed E-state index contributed by atoms with van der Waals surface area (Å²) < 4.78 is 7.39. The van der Waals surface area contributed by atoms with E-state index in [-0.39, 0.29) is 6.09 Å². The summed E-state index contributed by atoms with van der Waals surface area (Å²) in [4.78, 5) is 11.9. The van der Waals surface area contributed by atoms with Crippen molar-refractivity contribution < 1.29 is 9.53 Å². The molecule has 1 aliphatic carbocycles. The largest absolute Gasteiger partial charge is 0.444 e. The third kappa shape index (κ3) is 6.26. The first kappa shape index (κ1) is 17.9. The van der Waals surface area contributed by atoms with Crippen molar-refractivity contribution in [2.24, 2.45) is 13.0 Å². The number of ether oxygens (including phenoxy) is 1. The van der Waals surface area contributed by atoms with Crippen LogP contribution in [0.15, 0.2) is 18.5 Å². The van der Waals surface area contributed by atoms with Crippen molar-refractivity contribution >= 4 is 6.09 Å². The van der Waals surface area contributed by atoms with Crippen molar-refractivity contribution in [2.45, 2.75) is 64.6 Å². The molecule has 23 heavy (non-hydrogen) atoms. The van der Waals surface area contributed by atoms with Crippen LogP contribution in [0.2, 0.25) is 0 Å². The molecular formula is C18H31N3O2.